The van der Waals surface area contributed by atoms with Crippen LogP contribution in [0.15, 0.2) is 30.5 Å². The second kappa shape index (κ2) is 4.82. The van der Waals surface area contributed by atoms with Crippen LogP contribution in [0.5, 0.6) is 5.75 Å². The van der Waals surface area contributed by atoms with Crippen LogP contribution in [0, 0.1) is 0 Å². The maximum absolute atomic E-state index is 5.67. The molecule has 1 aromatic carbocycles. The van der Waals surface area contributed by atoms with E-state index in [0.29, 0.717) is 11.6 Å². The van der Waals surface area contributed by atoms with Gasteiger partial charge in [-0.15, -0.1) is 0 Å². The Hall–Kier alpha value is -2.10. The lowest BCUT2D eigenvalue weighted by molar-refractivity contribution is 0.416. The highest BCUT2D eigenvalue weighted by Gasteiger charge is 2.09. The van der Waals surface area contributed by atoms with Gasteiger partial charge in [-0.05, 0) is 30.2 Å². The second-order valence-corrected chi connectivity index (χ2v) is 3.69. The van der Waals surface area contributed by atoms with Crippen LogP contribution in [0.25, 0.3) is 11.4 Å². The highest BCUT2D eigenvalue weighted by atomic mass is 16.5. The topological polar surface area (TPSA) is 61.0 Å². The van der Waals surface area contributed by atoms with Crippen LogP contribution in [-0.2, 0) is 6.42 Å². The van der Waals surface area contributed by atoms with Gasteiger partial charge < -0.3 is 10.5 Å². The van der Waals surface area contributed by atoms with Crippen LogP contribution in [0.3, 0.4) is 0 Å². The van der Waals surface area contributed by atoms with Gasteiger partial charge in [0.25, 0.3) is 0 Å². The molecular weight excluding hydrogens is 214 g/mol. The molecule has 0 spiro atoms. The summed E-state index contributed by atoms with van der Waals surface area (Å²) >= 11 is 0. The molecule has 0 aliphatic carbocycles. The second-order valence-electron chi connectivity index (χ2n) is 3.69. The molecule has 0 aliphatic heterocycles. The average Bonchev–Trinajstić information content (AvgIpc) is 2.38. The van der Waals surface area contributed by atoms with Gasteiger partial charge in [-0.2, -0.15) is 0 Å². The van der Waals surface area contributed by atoms with E-state index < -0.39 is 0 Å². The van der Waals surface area contributed by atoms with E-state index in [-0.39, 0.29) is 0 Å². The summed E-state index contributed by atoms with van der Waals surface area (Å²) in [6, 6.07) is 7.67. The zero-order valence-electron chi connectivity index (χ0n) is 9.97. The molecule has 0 unspecified atom stereocenters. The predicted octanol–water partition coefficient (Wildman–Crippen LogP) is 2.30. The first-order chi connectivity index (χ1) is 8.24. The van der Waals surface area contributed by atoms with Crippen molar-refractivity contribution in [3.63, 3.8) is 0 Å². The Morgan fingerprint density at radius 3 is 2.76 bits per heavy atom. The molecule has 0 saturated carbocycles. The summed E-state index contributed by atoms with van der Waals surface area (Å²) < 4.78 is 5.32. The van der Waals surface area contributed by atoms with Crippen LogP contribution in [0.1, 0.15) is 12.5 Å². The summed E-state index contributed by atoms with van der Waals surface area (Å²) in [4.78, 5) is 8.44. The fourth-order valence-electron chi connectivity index (χ4n) is 1.65. The SMILES string of the molecule is CCc1ccc(OC)c(-c2nccc(N)n2)c1. The summed E-state index contributed by atoms with van der Waals surface area (Å²) in [5, 5.41) is 0. The van der Waals surface area contributed by atoms with Crippen LogP contribution >= 0.6 is 0 Å². The van der Waals surface area contributed by atoms with Crippen molar-refractivity contribution in [2.24, 2.45) is 0 Å². The first-order valence-electron chi connectivity index (χ1n) is 5.50. The molecule has 0 aliphatic rings. The van der Waals surface area contributed by atoms with Crippen molar-refractivity contribution in [3.8, 4) is 17.1 Å². The minimum Gasteiger partial charge on any atom is -0.496 e. The normalized spacial score (nSPS) is 10.2. The number of nitrogens with two attached hydrogens (primary N) is 1. The number of anilines is 1. The molecule has 0 atom stereocenters. The van der Waals surface area contributed by atoms with E-state index in [4.69, 9.17) is 10.5 Å². The van der Waals surface area contributed by atoms with Crippen molar-refractivity contribution in [1.82, 2.24) is 9.97 Å². The van der Waals surface area contributed by atoms with Crippen molar-refractivity contribution in [2.45, 2.75) is 13.3 Å². The van der Waals surface area contributed by atoms with Crippen molar-refractivity contribution < 1.29 is 4.74 Å². The average molecular weight is 229 g/mol. The quantitative estimate of drug-likeness (QED) is 0.877. The summed E-state index contributed by atoms with van der Waals surface area (Å²) in [7, 11) is 1.64. The van der Waals surface area contributed by atoms with Gasteiger partial charge in [0, 0.05) is 6.20 Å². The lowest BCUT2D eigenvalue weighted by Crippen LogP contribution is -1.97. The van der Waals surface area contributed by atoms with Crippen molar-refractivity contribution >= 4 is 5.82 Å². The molecule has 0 saturated heterocycles. The zero-order chi connectivity index (χ0) is 12.3. The van der Waals surface area contributed by atoms with Gasteiger partial charge in [0.15, 0.2) is 5.82 Å². The van der Waals surface area contributed by atoms with Gasteiger partial charge >= 0.3 is 0 Å². The monoisotopic (exact) mass is 229 g/mol. The van der Waals surface area contributed by atoms with E-state index in [1.165, 1.54) is 5.56 Å². The van der Waals surface area contributed by atoms with E-state index in [0.717, 1.165) is 17.7 Å². The van der Waals surface area contributed by atoms with Crippen LogP contribution < -0.4 is 10.5 Å². The first kappa shape index (κ1) is 11.4. The third-order valence-electron chi connectivity index (χ3n) is 2.59. The smallest absolute Gasteiger partial charge is 0.165 e. The summed E-state index contributed by atoms with van der Waals surface area (Å²) in [6.45, 7) is 2.10. The van der Waals surface area contributed by atoms with Gasteiger partial charge in [0.2, 0.25) is 0 Å². The highest BCUT2D eigenvalue weighted by Crippen LogP contribution is 2.28. The van der Waals surface area contributed by atoms with Crippen LogP contribution in [0.2, 0.25) is 0 Å². The largest absolute Gasteiger partial charge is 0.496 e. The van der Waals surface area contributed by atoms with Gasteiger partial charge in [-0.25, -0.2) is 9.97 Å². The van der Waals surface area contributed by atoms with E-state index in [2.05, 4.69) is 16.9 Å². The maximum atomic E-state index is 5.67. The fraction of sp³-hybridized carbons (Fsp3) is 0.231. The number of nitrogen functional groups attached to an aromatic ring is 1. The number of rotatable bonds is 3. The molecular formula is C13H15N3O. The Morgan fingerprint density at radius 2 is 2.12 bits per heavy atom. The zero-order valence-corrected chi connectivity index (χ0v) is 9.97. The Bertz CT molecular complexity index is 526. The van der Waals surface area contributed by atoms with Crippen molar-refractivity contribution in [1.29, 1.82) is 0 Å². The molecule has 4 heteroatoms. The third kappa shape index (κ3) is 2.36. The van der Waals surface area contributed by atoms with E-state index in [1.807, 2.05) is 18.2 Å². The Kier molecular flexibility index (Phi) is 3.23. The molecule has 1 aromatic heterocycles. The predicted molar refractivity (Wildman–Crippen MR) is 67.8 cm³/mol. The van der Waals surface area contributed by atoms with Crippen molar-refractivity contribution in [3.05, 3.63) is 36.0 Å². The summed E-state index contributed by atoms with van der Waals surface area (Å²) in [5.41, 5.74) is 7.75. The van der Waals surface area contributed by atoms with Crippen LogP contribution in [0.4, 0.5) is 5.82 Å². The van der Waals surface area contributed by atoms with Gasteiger partial charge in [0.1, 0.15) is 11.6 Å². The lowest BCUT2D eigenvalue weighted by Gasteiger charge is -2.09. The number of hydrogen-bond acceptors (Lipinski definition) is 4. The van der Waals surface area contributed by atoms with Gasteiger partial charge in [-0.3, -0.25) is 0 Å². The number of aryl methyl sites for hydroxylation is 1. The lowest BCUT2D eigenvalue weighted by atomic mass is 10.1. The number of benzene rings is 1. The number of methoxy groups -OCH3 is 1. The summed E-state index contributed by atoms with van der Waals surface area (Å²) in [6.07, 6.45) is 2.61. The van der Waals surface area contributed by atoms with Crippen LogP contribution in [-0.4, -0.2) is 17.1 Å². The molecule has 0 bridgehead atoms. The molecule has 88 valence electrons. The van der Waals surface area contributed by atoms with Gasteiger partial charge in [0.05, 0.1) is 12.7 Å². The molecule has 0 amide bonds. The summed E-state index contributed by atoms with van der Waals surface area (Å²) in [5.74, 6) is 1.81. The van der Waals surface area contributed by atoms with Crippen molar-refractivity contribution in [2.75, 3.05) is 12.8 Å². The number of hydrogen-bond donors (Lipinski definition) is 1. The Labute approximate surface area is 100 Å². The number of aromatic nitrogens is 2. The third-order valence-corrected chi connectivity index (χ3v) is 2.59. The van der Waals surface area contributed by atoms with Gasteiger partial charge in [-0.1, -0.05) is 13.0 Å². The molecule has 4 nitrogen and oxygen atoms in total. The van der Waals surface area contributed by atoms with E-state index in [1.54, 1.807) is 19.4 Å². The minimum absolute atomic E-state index is 0.457. The Morgan fingerprint density at radius 1 is 1.29 bits per heavy atom. The fourth-order valence-corrected chi connectivity index (χ4v) is 1.65. The molecule has 0 fully saturated rings. The standard InChI is InChI=1S/C13H15N3O/c1-3-9-4-5-11(17-2)10(8-9)13-15-7-6-12(14)16-13/h4-8H,3H2,1-2H3,(H2,14,15,16). The maximum Gasteiger partial charge on any atom is 0.165 e. The first-order valence-corrected chi connectivity index (χ1v) is 5.50. The molecule has 17 heavy (non-hydrogen) atoms. The van der Waals surface area contributed by atoms with E-state index >= 15 is 0 Å². The molecule has 0 radical (unpaired) electrons. The molecule has 2 rings (SSSR count). The number of ether oxygens (including phenoxy) is 1. The molecule has 2 N–H and O–H groups in total. The Balaban J connectivity index is 2.56. The van der Waals surface area contributed by atoms with E-state index in [9.17, 15) is 0 Å². The number of nitrogens with zero attached hydrogens (tertiary/aromatic N) is 2. The minimum atomic E-state index is 0.457. The molecule has 1 heterocycles. The highest BCUT2D eigenvalue weighted by molar-refractivity contribution is 5.66. The molecule has 2 aromatic rings.